The van der Waals surface area contributed by atoms with Crippen LogP contribution in [-0.2, 0) is 15.7 Å². The Balaban J connectivity index is 1.28. The molecule has 1 amide bonds. The Kier molecular flexibility index (Phi) is 6.05. The highest BCUT2D eigenvalue weighted by atomic mass is 32.1. The van der Waals surface area contributed by atoms with Gasteiger partial charge in [-0.3, -0.25) is 4.79 Å². The van der Waals surface area contributed by atoms with Crippen molar-refractivity contribution in [1.82, 2.24) is 4.98 Å². The third-order valence-corrected chi connectivity index (χ3v) is 7.15. The molecule has 34 heavy (non-hydrogen) atoms. The van der Waals surface area contributed by atoms with E-state index in [9.17, 15) is 18.0 Å². The van der Waals surface area contributed by atoms with Gasteiger partial charge in [0.05, 0.1) is 30.0 Å². The van der Waals surface area contributed by atoms with Crippen molar-refractivity contribution < 1.29 is 27.4 Å². The zero-order chi connectivity index (χ0) is 23.8. The minimum Gasteiger partial charge on any atom is -0.356 e. The molecule has 4 heterocycles. The van der Waals surface area contributed by atoms with E-state index in [4.69, 9.17) is 9.47 Å². The summed E-state index contributed by atoms with van der Waals surface area (Å²) >= 11 is 0.434. The summed E-state index contributed by atoms with van der Waals surface area (Å²) in [4.78, 5) is 18.5. The van der Waals surface area contributed by atoms with Crippen LogP contribution in [0.4, 0.5) is 24.7 Å². The van der Waals surface area contributed by atoms with Gasteiger partial charge in [-0.1, -0.05) is 30.3 Å². The summed E-state index contributed by atoms with van der Waals surface area (Å²) in [7, 11) is 0. The SMILES string of the molecule is O=C(Nc1ccc(N2CCC3(CC2)OCCO3)nc1)c1cc(-c2ccccc2)c(C(F)(F)F)s1. The van der Waals surface area contributed by atoms with E-state index in [2.05, 4.69) is 15.2 Å². The second-order valence-corrected chi connectivity index (χ2v) is 9.22. The smallest absolute Gasteiger partial charge is 0.356 e. The van der Waals surface area contributed by atoms with Crippen molar-refractivity contribution in [1.29, 1.82) is 0 Å². The Morgan fingerprint density at radius 1 is 1.06 bits per heavy atom. The van der Waals surface area contributed by atoms with Crippen molar-refractivity contribution in [3.8, 4) is 11.1 Å². The number of piperidine rings is 1. The van der Waals surface area contributed by atoms with Gasteiger partial charge in [-0.15, -0.1) is 11.3 Å². The number of aromatic nitrogens is 1. The average molecular weight is 490 g/mol. The van der Waals surface area contributed by atoms with E-state index in [0.29, 0.717) is 35.8 Å². The van der Waals surface area contributed by atoms with Crippen LogP contribution in [0.2, 0.25) is 0 Å². The van der Waals surface area contributed by atoms with Crippen molar-refractivity contribution in [2.45, 2.75) is 24.8 Å². The van der Waals surface area contributed by atoms with Crippen LogP contribution in [0.1, 0.15) is 27.4 Å². The first-order chi connectivity index (χ1) is 16.3. The lowest BCUT2D eigenvalue weighted by atomic mass is 10.0. The molecule has 0 atom stereocenters. The topological polar surface area (TPSA) is 63.7 Å². The van der Waals surface area contributed by atoms with Crippen LogP contribution < -0.4 is 10.2 Å². The molecule has 6 nitrogen and oxygen atoms in total. The molecule has 5 rings (SSSR count). The molecule has 10 heteroatoms. The molecule has 2 fully saturated rings. The van der Waals surface area contributed by atoms with Gasteiger partial charge in [-0.05, 0) is 23.8 Å². The monoisotopic (exact) mass is 489 g/mol. The standard InChI is InChI=1S/C24H22F3N3O3S/c25-24(26,27)21-18(16-4-2-1-3-5-16)14-19(34-21)22(31)29-17-6-7-20(28-15-17)30-10-8-23(9-11-30)32-12-13-33-23/h1-7,14-15H,8-13H2,(H,29,31). The second-order valence-electron chi connectivity index (χ2n) is 8.17. The molecule has 2 aliphatic heterocycles. The fraction of sp³-hybridized carbons (Fsp3) is 0.333. The van der Waals surface area contributed by atoms with Crippen LogP contribution >= 0.6 is 11.3 Å². The Labute approximate surface area is 198 Å². The van der Waals surface area contributed by atoms with Gasteiger partial charge in [0.1, 0.15) is 10.7 Å². The van der Waals surface area contributed by atoms with E-state index < -0.39 is 22.7 Å². The second kappa shape index (κ2) is 9.01. The van der Waals surface area contributed by atoms with Gasteiger partial charge in [0.15, 0.2) is 5.79 Å². The lowest BCUT2D eigenvalue weighted by Gasteiger charge is -2.38. The van der Waals surface area contributed by atoms with Crippen molar-refractivity contribution in [2.24, 2.45) is 0 Å². The lowest BCUT2D eigenvalue weighted by molar-refractivity contribution is -0.169. The number of nitrogens with one attached hydrogen (secondary N) is 1. The molecule has 1 N–H and O–H groups in total. The number of hydrogen-bond donors (Lipinski definition) is 1. The zero-order valence-corrected chi connectivity index (χ0v) is 18.9. The number of thiophene rings is 1. The summed E-state index contributed by atoms with van der Waals surface area (Å²) in [5, 5.41) is 2.65. The first-order valence-electron chi connectivity index (χ1n) is 10.9. The van der Waals surface area contributed by atoms with Crippen molar-refractivity contribution in [3.05, 3.63) is 64.5 Å². The molecule has 1 spiro atoms. The molecule has 0 aliphatic carbocycles. The summed E-state index contributed by atoms with van der Waals surface area (Å²) in [5.41, 5.74) is 0.815. The van der Waals surface area contributed by atoms with Gasteiger partial charge < -0.3 is 19.7 Å². The normalized spacial score (nSPS) is 17.8. The molecular weight excluding hydrogens is 467 g/mol. The molecule has 2 aromatic heterocycles. The number of halogens is 3. The van der Waals surface area contributed by atoms with E-state index in [1.807, 2.05) is 0 Å². The number of ether oxygens (including phenoxy) is 2. The van der Waals surface area contributed by atoms with E-state index in [1.165, 1.54) is 12.3 Å². The third kappa shape index (κ3) is 4.66. The van der Waals surface area contributed by atoms with Crippen molar-refractivity contribution in [2.75, 3.05) is 36.5 Å². The molecule has 178 valence electrons. The highest BCUT2D eigenvalue weighted by Gasteiger charge is 2.40. The molecule has 0 radical (unpaired) electrons. The number of benzene rings is 1. The number of hydrogen-bond acceptors (Lipinski definition) is 6. The summed E-state index contributed by atoms with van der Waals surface area (Å²) in [6.45, 7) is 2.70. The lowest BCUT2D eigenvalue weighted by Crippen LogP contribution is -2.45. The van der Waals surface area contributed by atoms with E-state index in [1.54, 1.807) is 42.5 Å². The minimum atomic E-state index is -4.56. The largest absolute Gasteiger partial charge is 0.426 e. The van der Waals surface area contributed by atoms with E-state index >= 15 is 0 Å². The van der Waals surface area contributed by atoms with Crippen molar-refractivity contribution >= 4 is 28.7 Å². The van der Waals surface area contributed by atoms with Crippen LogP contribution in [-0.4, -0.2) is 43.0 Å². The minimum absolute atomic E-state index is 0.00480. The first kappa shape index (κ1) is 22.8. The first-order valence-corrected chi connectivity index (χ1v) is 11.7. The third-order valence-electron chi connectivity index (χ3n) is 5.97. The van der Waals surface area contributed by atoms with E-state index in [-0.39, 0.29) is 10.4 Å². The van der Waals surface area contributed by atoms with Gasteiger partial charge in [0.25, 0.3) is 5.91 Å². The average Bonchev–Trinajstić information content (AvgIpc) is 3.49. The molecule has 0 unspecified atom stereocenters. The zero-order valence-electron chi connectivity index (χ0n) is 18.1. The van der Waals surface area contributed by atoms with Crippen LogP contribution in [0.3, 0.4) is 0 Å². The predicted molar refractivity (Wildman–Crippen MR) is 123 cm³/mol. The molecular formula is C24H22F3N3O3S. The number of nitrogens with zero attached hydrogens (tertiary/aromatic N) is 2. The van der Waals surface area contributed by atoms with Gasteiger partial charge in [-0.25, -0.2) is 4.98 Å². The van der Waals surface area contributed by atoms with Gasteiger partial charge >= 0.3 is 6.18 Å². The maximum atomic E-state index is 13.6. The number of alkyl halides is 3. The number of amides is 1. The number of rotatable bonds is 4. The fourth-order valence-electron chi connectivity index (χ4n) is 4.25. The molecule has 1 aromatic carbocycles. The molecule has 0 bridgehead atoms. The van der Waals surface area contributed by atoms with Crippen molar-refractivity contribution in [3.63, 3.8) is 0 Å². The summed E-state index contributed by atoms with van der Waals surface area (Å²) < 4.78 is 52.3. The van der Waals surface area contributed by atoms with E-state index in [0.717, 1.165) is 31.7 Å². The maximum absolute atomic E-state index is 13.6. The molecule has 2 aliphatic rings. The Hall–Kier alpha value is -2.95. The number of carbonyl (C=O) groups excluding carboxylic acids is 1. The Bertz CT molecular complexity index is 1150. The summed E-state index contributed by atoms with van der Waals surface area (Å²) in [6.07, 6.45) is -1.55. The molecule has 2 saturated heterocycles. The summed E-state index contributed by atoms with van der Waals surface area (Å²) in [5.74, 6) is -0.325. The highest BCUT2D eigenvalue weighted by Crippen LogP contribution is 2.43. The predicted octanol–water partition coefficient (Wildman–Crippen LogP) is 5.42. The van der Waals surface area contributed by atoms with Crippen LogP contribution in [0, 0.1) is 0 Å². The maximum Gasteiger partial charge on any atom is 0.426 e. The number of pyridine rings is 1. The quantitative estimate of drug-likeness (QED) is 0.530. The van der Waals surface area contributed by atoms with Crippen LogP contribution in [0.15, 0.2) is 54.7 Å². The van der Waals surface area contributed by atoms with Gasteiger partial charge in [-0.2, -0.15) is 13.2 Å². The Morgan fingerprint density at radius 3 is 2.38 bits per heavy atom. The highest BCUT2D eigenvalue weighted by molar-refractivity contribution is 7.14. The summed E-state index contributed by atoms with van der Waals surface area (Å²) in [6, 6.07) is 13.0. The number of anilines is 2. The fourth-order valence-corrected chi connectivity index (χ4v) is 5.19. The molecule has 0 saturated carbocycles. The van der Waals surface area contributed by atoms with Gasteiger partial charge in [0, 0.05) is 31.5 Å². The Morgan fingerprint density at radius 2 is 1.76 bits per heavy atom. The molecule has 3 aromatic rings. The number of carbonyl (C=O) groups is 1. The van der Waals surface area contributed by atoms with Crippen LogP contribution in [0.5, 0.6) is 0 Å². The van der Waals surface area contributed by atoms with Gasteiger partial charge in [0.2, 0.25) is 0 Å². The van der Waals surface area contributed by atoms with Crippen LogP contribution in [0.25, 0.3) is 11.1 Å².